The Bertz CT molecular complexity index is 461. The van der Waals surface area contributed by atoms with Crippen molar-refractivity contribution in [2.45, 2.75) is 25.3 Å². The molecule has 2 rings (SSSR count). The third kappa shape index (κ3) is 3.29. The summed E-state index contributed by atoms with van der Waals surface area (Å²) < 4.78 is 1.13. The molecule has 4 heteroatoms. The molecule has 0 spiro atoms. The maximum Gasteiger partial charge on any atom is 0.235 e. The van der Waals surface area contributed by atoms with E-state index >= 15 is 0 Å². The number of hydrogen-bond acceptors (Lipinski definition) is 3. The predicted molar refractivity (Wildman–Crippen MR) is 75.4 cm³/mol. The lowest BCUT2D eigenvalue weighted by molar-refractivity contribution is 0.255. The number of likely N-dealkylation sites (tertiary alicyclic amines) is 1. The van der Waals surface area contributed by atoms with Crippen LogP contribution in [0, 0.1) is 0 Å². The van der Waals surface area contributed by atoms with E-state index in [4.69, 9.17) is 0 Å². The number of carbonyl (C=O) groups excluding carboxylic acids is 1. The average Bonchev–Trinajstić information content (AvgIpc) is 2.38. The van der Waals surface area contributed by atoms with Gasteiger partial charge in [-0.1, -0.05) is 28.1 Å². The lowest BCUT2D eigenvalue weighted by Crippen LogP contribution is -2.29. The molecule has 1 aromatic rings. The van der Waals surface area contributed by atoms with Crippen LogP contribution < -0.4 is 0 Å². The molecule has 0 saturated carbocycles. The molecule has 0 unspecified atom stereocenters. The van der Waals surface area contributed by atoms with Crippen LogP contribution in [0.2, 0.25) is 0 Å². The Morgan fingerprint density at radius 2 is 2.17 bits per heavy atom. The summed E-state index contributed by atoms with van der Waals surface area (Å²) in [6, 6.07) is 6.28. The monoisotopic (exact) mass is 308 g/mol. The molecule has 1 saturated heterocycles. The van der Waals surface area contributed by atoms with Gasteiger partial charge in [0, 0.05) is 4.47 Å². The fourth-order valence-electron chi connectivity index (χ4n) is 2.44. The minimum Gasteiger partial charge on any atom is -0.306 e. The van der Waals surface area contributed by atoms with Crippen molar-refractivity contribution in [3.63, 3.8) is 0 Å². The summed E-state index contributed by atoms with van der Waals surface area (Å²) in [5, 5.41) is 0. The molecule has 1 aliphatic heterocycles. The average molecular weight is 309 g/mol. The van der Waals surface area contributed by atoms with Crippen LogP contribution in [0.15, 0.2) is 27.7 Å². The second-order valence-electron chi connectivity index (χ2n) is 4.84. The molecule has 3 nitrogen and oxygen atoms in total. The number of piperidine rings is 1. The lowest BCUT2D eigenvalue weighted by Gasteiger charge is -2.29. The van der Waals surface area contributed by atoms with E-state index in [0.717, 1.165) is 23.1 Å². The van der Waals surface area contributed by atoms with Crippen molar-refractivity contribution in [2.75, 3.05) is 20.1 Å². The maximum atomic E-state index is 10.1. The summed E-state index contributed by atoms with van der Waals surface area (Å²) in [5.74, 6) is 0.638. The molecule has 1 fully saturated rings. The summed E-state index contributed by atoms with van der Waals surface area (Å²) in [5.41, 5.74) is 2.42. The molecule has 1 aromatic carbocycles. The zero-order chi connectivity index (χ0) is 13.0. The Hall–Kier alpha value is -0.960. The topological polar surface area (TPSA) is 32.7 Å². The molecule has 0 bridgehead atoms. The second-order valence-corrected chi connectivity index (χ2v) is 5.70. The van der Waals surface area contributed by atoms with Gasteiger partial charge >= 0.3 is 0 Å². The third-order valence-corrected chi connectivity index (χ3v) is 4.24. The molecule has 0 amide bonds. The molecule has 1 aliphatic rings. The van der Waals surface area contributed by atoms with Gasteiger partial charge in [-0.05, 0) is 56.1 Å². The Balaban J connectivity index is 2.11. The van der Waals surface area contributed by atoms with Crippen molar-refractivity contribution in [1.29, 1.82) is 0 Å². The van der Waals surface area contributed by atoms with Crippen LogP contribution in [0.4, 0.5) is 0 Å². The molecule has 0 radical (unpaired) electrons. The van der Waals surface area contributed by atoms with Gasteiger partial charge in [0.15, 0.2) is 0 Å². The van der Waals surface area contributed by atoms with E-state index in [1.807, 2.05) is 0 Å². The highest BCUT2D eigenvalue weighted by atomic mass is 79.9. The van der Waals surface area contributed by atoms with Gasteiger partial charge in [-0.15, -0.1) is 0 Å². The zero-order valence-corrected chi connectivity index (χ0v) is 12.1. The third-order valence-electron chi connectivity index (χ3n) is 3.55. The minimum atomic E-state index is 0.412. The quantitative estimate of drug-likeness (QED) is 0.635. The molecular weight excluding hydrogens is 292 g/mol. The van der Waals surface area contributed by atoms with Gasteiger partial charge in [0.25, 0.3) is 0 Å². The van der Waals surface area contributed by atoms with Crippen LogP contribution in [-0.4, -0.2) is 31.1 Å². The molecule has 0 N–H and O–H groups in total. The van der Waals surface area contributed by atoms with E-state index in [2.05, 4.69) is 51.1 Å². The van der Waals surface area contributed by atoms with Crippen LogP contribution in [0.5, 0.6) is 0 Å². The van der Waals surface area contributed by atoms with Gasteiger partial charge in [-0.3, -0.25) is 0 Å². The van der Waals surface area contributed by atoms with Crippen molar-refractivity contribution in [1.82, 2.24) is 4.90 Å². The van der Waals surface area contributed by atoms with Crippen molar-refractivity contribution < 1.29 is 4.79 Å². The fourth-order valence-corrected chi connectivity index (χ4v) is 3.19. The Labute approximate surface area is 116 Å². The Morgan fingerprint density at radius 3 is 2.78 bits per heavy atom. The van der Waals surface area contributed by atoms with Crippen molar-refractivity contribution in [2.24, 2.45) is 4.99 Å². The van der Waals surface area contributed by atoms with Crippen molar-refractivity contribution >= 4 is 22.0 Å². The van der Waals surface area contributed by atoms with E-state index in [1.54, 1.807) is 6.08 Å². The molecule has 0 atom stereocenters. The Kier molecular flexibility index (Phi) is 4.70. The van der Waals surface area contributed by atoms with Crippen LogP contribution in [0.3, 0.4) is 0 Å². The number of rotatable bonds is 3. The van der Waals surface area contributed by atoms with Gasteiger partial charge in [-0.25, -0.2) is 9.79 Å². The SMILES string of the molecule is CN1CCC(c2ccc(CN=C=O)cc2Br)CC1. The number of nitrogens with zero attached hydrogens (tertiary/aromatic N) is 2. The predicted octanol–water partition coefficient (Wildman–Crippen LogP) is 3.09. The normalized spacial score (nSPS) is 17.4. The van der Waals surface area contributed by atoms with Crippen LogP contribution >= 0.6 is 15.9 Å². The van der Waals surface area contributed by atoms with E-state index in [-0.39, 0.29) is 0 Å². The number of aliphatic imine (C=N–C) groups is 1. The molecule has 1 heterocycles. The van der Waals surface area contributed by atoms with E-state index in [1.165, 1.54) is 18.4 Å². The first-order chi connectivity index (χ1) is 8.70. The van der Waals surface area contributed by atoms with E-state index < -0.39 is 0 Å². The number of hydrogen-bond donors (Lipinski definition) is 0. The molecule has 96 valence electrons. The van der Waals surface area contributed by atoms with Gasteiger partial charge in [0.05, 0.1) is 6.54 Å². The van der Waals surface area contributed by atoms with E-state index in [9.17, 15) is 4.79 Å². The maximum absolute atomic E-state index is 10.1. The van der Waals surface area contributed by atoms with Gasteiger partial charge in [0.2, 0.25) is 6.08 Å². The number of halogens is 1. The van der Waals surface area contributed by atoms with Crippen LogP contribution in [-0.2, 0) is 11.3 Å². The highest BCUT2D eigenvalue weighted by molar-refractivity contribution is 9.10. The molecular formula is C14H17BrN2O. The molecule has 0 aromatic heterocycles. The minimum absolute atomic E-state index is 0.412. The number of benzene rings is 1. The summed E-state index contributed by atoms with van der Waals surface area (Å²) in [6.45, 7) is 2.73. The smallest absolute Gasteiger partial charge is 0.235 e. The van der Waals surface area contributed by atoms with Crippen LogP contribution in [0.1, 0.15) is 29.9 Å². The second kappa shape index (κ2) is 6.28. The van der Waals surface area contributed by atoms with Gasteiger partial charge in [0.1, 0.15) is 0 Å². The Morgan fingerprint density at radius 1 is 1.44 bits per heavy atom. The van der Waals surface area contributed by atoms with Gasteiger partial charge < -0.3 is 4.90 Å². The van der Waals surface area contributed by atoms with Crippen molar-refractivity contribution in [3.05, 3.63) is 33.8 Å². The fraction of sp³-hybridized carbons (Fsp3) is 0.500. The standard InChI is InChI=1S/C14H17BrN2O/c1-17-6-4-12(5-7-17)13-3-2-11(8-14(13)15)9-16-10-18/h2-3,8,12H,4-7,9H2,1H3. The van der Waals surface area contributed by atoms with Gasteiger partial charge in [-0.2, -0.15) is 0 Å². The summed E-state index contributed by atoms with van der Waals surface area (Å²) in [7, 11) is 2.17. The van der Waals surface area contributed by atoms with Crippen LogP contribution in [0.25, 0.3) is 0 Å². The summed E-state index contributed by atoms with van der Waals surface area (Å²) >= 11 is 3.64. The lowest BCUT2D eigenvalue weighted by atomic mass is 9.89. The summed E-state index contributed by atoms with van der Waals surface area (Å²) in [6.07, 6.45) is 3.99. The first kappa shape index (κ1) is 13.5. The highest BCUT2D eigenvalue weighted by Crippen LogP contribution is 2.33. The first-order valence-electron chi connectivity index (χ1n) is 6.21. The van der Waals surface area contributed by atoms with E-state index in [0.29, 0.717) is 12.5 Å². The highest BCUT2D eigenvalue weighted by Gasteiger charge is 2.20. The van der Waals surface area contributed by atoms with Crippen molar-refractivity contribution in [3.8, 4) is 0 Å². The first-order valence-corrected chi connectivity index (χ1v) is 7.00. The molecule has 18 heavy (non-hydrogen) atoms. The zero-order valence-electron chi connectivity index (χ0n) is 10.5. The molecule has 0 aliphatic carbocycles. The number of isocyanates is 1. The summed E-state index contributed by atoms with van der Waals surface area (Å²) in [4.78, 5) is 16.1. The largest absolute Gasteiger partial charge is 0.306 e.